The highest BCUT2D eigenvalue weighted by molar-refractivity contribution is 6.01. The number of benzene rings is 3. The number of methoxy groups -OCH3 is 2. The number of ether oxygens (including phenoxy) is 4. The summed E-state index contributed by atoms with van der Waals surface area (Å²) in [4.78, 5) is 12.2. The average molecular weight is 419 g/mol. The van der Waals surface area contributed by atoms with E-state index in [0.29, 0.717) is 36.1 Å². The van der Waals surface area contributed by atoms with Crippen molar-refractivity contribution in [3.8, 4) is 23.0 Å². The number of carbonyl (C=O) groups excluding carboxylic acids is 1. The number of amides is 1. The molecular weight excluding hydrogens is 394 g/mol. The molecule has 1 amide bonds. The highest BCUT2D eigenvalue weighted by atomic mass is 16.5. The van der Waals surface area contributed by atoms with E-state index in [1.807, 2.05) is 36.4 Å². The van der Waals surface area contributed by atoms with Gasteiger partial charge in [-0.1, -0.05) is 24.3 Å². The van der Waals surface area contributed by atoms with Gasteiger partial charge >= 0.3 is 0 Å². The standard InChI is InChI=1S/C25H25NO5/c1-28-23-14-8-19(18-24(23)29-2)9-15-25(27)26-20-10-12-22(13-11-20)31-17-16-30-21-6-4-3-5-7-21/h3-15,18H,16-17H2,1-2H3,(H,26,27). The van der Waals surface area contributed by atoms with Crippen LogP contribution in [0.4, 0.5) is 5.69 Å². The molecular formula is C25H25NO5. The van der Waals surface area contributed by atoms with E-state index in [-0.39, 0.29) is 5.91 Å². The molecule has 0 atom stereocenters. The summed E-state index contributed by atoms with van der Waals surface area (Å²) in [7, 11) is 3.15. The molecule has 31 heavy (non-hydrogen) atoms. The molecule has 0 fully saturated rings. The molecule has 0 aliphatic heterocycles. The molecule has 0 heterocycles. The molecule has 0 saturated heterocycles. The summed E-state index contributed by atoms with van der Waals surface area (Å²) in [5.74, 6) is 2.52. The molecule has 0 unspecified atom stereocenters. The van der Waals surface area contributed by atoms with Crippen LogP contribution in [0, 0.1) is 0 Å². The Morgan fingerprint density at radius 2 is 1.45 bits per heavy atom. The highest BCUT2D eigenvalue weighted by Crippen LogP contribution is 2.28. The second-order valence-electron chi connectivity index (χ2n) is 6.47. The van der Waals surface area contributed by atoms with Crippen molar-refractivity contribution in [3.63, 3.8) is 0 Å². The minimum absolute atomic E-state index is 0.236. The van der Waals surface area contributed by atoms with Crippen LogP contribution in [0.3, 0.4) is 0 Å². The first-order chi connectivity index (χ1) is 15.2. The number of hydrogen-bond acceptors (Lipinski definition) is 5. The Morgan fingerprint density at radius 3 is 2.10 bits per heavy atom. The molecule has 3 aromatic carbocycles. The van der Waals surface area contributed by atoms with E-state index in [1.54, 1.807) is 56.7 Å². The monoisotopic (exact) mass is 419 g/mol. The minimum Gasteiger partial charge on any atom is -0.493 e. The van der Waals surface area contributed by atoms with Crippen LogP contribution in [0.1, 0.15) is 5.56 Å². The molecule has 3 aromatic rings. The van der Waals surface area contributed by atoms with Gasteiger partial charge in [0, 0.05) is 11.8 Å². The summed E-state index contributed by atoms with van der Waals surface area (Å²) in [5, 5.41) is 2.82. The lowest BCUT2D eigenvalue weighted by molar-refractivity contribution is -0.111. The smallest absolute Gasteiger partial charge is 0.248 e. The van der Waals surface area contributed by atoms with Crippen molar-refractivity contribution < 1.29 is 23.7 Å². The van der Waals surface area contributed by atoms with Gasteiger partial charge in [0.25, 0.3) is 0 Å². The van der Waals surface area contributed by atoms with Crippen LogP contribution in [-0.2, 0) is 4.79 Å². The third-order valence-corrected chi connectivity index (χ3v) is 4.32. The Kier molecular flexibility index (Phi) is 7.94. The van der Waals surface area contributed by atoms with E-state index < -0.39 is 0 Å². The summed E-state index contributed by atoms with van der Waals surface area (Å²) in [6, 6.07) is 22.2. The molecule has 3 rings (SSSR count). The second kappa shape index (κ2) is 11.3. The molecule has 0 spiro atoms. The zero-order chi connectivity index (χ0) is 21.9. The van der Waals surface area contributed by atoms with Crippen LogP contribution in [0.2, 0.25) is 0 Å². The van der Waals surface area contributed by atoms with Crippen molar-refractivity contribution in [2.45, 2.75) is 0 Å². The van der Waals surface area contributed by atoms with Gasteiger partial charge in [0.2, 0.25) is 5.91 Å². The molecule has 1 N–H and O–H groups in total. The molecule has 6 nitrogen and oxygen atoms in total. The van der Waals surface area contributed by atoms with Crippen molar-refractivity contribution in [1.82, 2.24) is 0 Å². The van der Waals surface area contributed by atoms with E-state index in [2.05, 4.69) is 5.32 Å². The Labute approximate surface area is 182 Å². The number of rotatable bonds is 10. The van der Waals surface area contributed by atoms with Gasteiger partial charge in [-0.15, -0.1) is 0 Å². The molecule has 0 bridgehead atoms. The van der Waals surface area contributed by atoms with Gasteiger partial charge in [-0.2, -0.15) is 0 Å². The first-order valence-corrected chi connectivity index (χ1v) is 9.80. The molecule has 0 aromatic heterocycles. The van der Waals surface area contributed by atoms with Gasteiger partial charge < -0.3 is 24.3 Å². The van der Waals surface area contributed by atoms with Crippen LogP contribution in [0.15, 0.2) is 78.9 Å². The average Bonchev–Trinajstić information content (AvgIpc) is 2.82. The Balaban J connectivity index is 1.45. The maximum Gasteiger partial charge on any atom is 0.248 e. The lowest BCUT2D eigenvalue weighted by Gasteiger charge is -2.09. The largest absolute Gasteiger partial charge is 0.493 e. The topological polar surface area (TPSA) is 66.0 Å². The van der Waals surface area contributed by atoms with Gasteiger partial charge in [-0.25, -0.2) is 0 Å². The number of hydrogen-bond donors (Lipinski definition) is 1. The summed E-state index contributed by atoms with van der Waals surface area (Å²) < 4.78 is 21.7. The van der Waals surface area contributed by atoms with E-state index >= 15 is 0 Å². The van der Waals surface area contributed by atoms with Crippen LogP contribution in [0.25, 0.3) is 6.08 Å². The third-order valence-electron chi connectivity index (χ3n) is 4.32. The van der Waals surface area contributed by atoms with E-state index in [0.717, 1.165) is 11.3 Å². The fourth-order valence-corrected chi connectivity index (χ4v) is 2.78. The van der Waals surface area contributed by atoms with Crippen LogP contribution >= 0.6 is 0 Å². The fourth-order valence-electron chi connectivity index (χ4n) is 2.78. The summed E-state index contributed by atoms with van der Waals surface area (Å²) in [6.07, 6.45) is 3.17. The molecule has 0 aliphatic carbocycles. The fraction of sp³-hybridized carbons (Fsp3) is 0.160. The van der Waals surface area contributed by atoms with E-state index in [1.165, 1.54) is 6.08 Å². The van der Waals surface area contributed by atoms with Crippen molar-refractivity contribution in [2.24, 2.45) is 0 Å². The summed E-state index contributed by atoms with van der Waals surface area (Å²) in [6.45, 7) is 0.873. The lowest BCUT2D eigenvalue weighted by atomic mass is 10.2. The Hall–Kier alpha value is -3.93. The van der Waals surface area contributed by atoms with Crippen molar-refractivity contribution >= 4 is 17.7 Å². The van der Waals surface area contributed by atoms with Crippen LogP contribution in [-0.4, -0.2) is 33.3 Å². The normalized spacial score (nSPS) is 10.5. The lowest BCUT2D eigenvalue weighted by Crippen LogP contribution is -2.09. The van der Waals surface area contributed by atoms with E-state index in [9.17, 15) is 4.79 Å². The van der Waals surface area contributed by atoms with Crippen molar-refractivity contribution in [2.75, 3.05) is 32.8 Å². The quantitative estimate of drug-likeness (QED) is 0.377. The zero-order valence-corrected chi connectivity index (χ0v) is 17.5. The maximum atomic E-state index is 12.2. The maximum absolute atomic E-state index is 12.2. The molecule has 0 saturated carbocycles. The number of nitrogens with one attached hydrogen (secondary N) is 1. The van der Waals surface area contributed by atoms with Crippen LogP contribution < -0.4 is 24.3 Å². The predicted molar refractivity (Wildman–Crippen MR) is 121 cm³/mol. The van der Waals surface area contributed by atoms with Gasteiger partial charge in [-0.05, 0) is 60.2 Å². The van der Waals surface area contributed by atoms with Gasteiger partial charge in [0.05, 0.1) is 14.2 Å². The third kappa shape index (κ3) is 6.82. The van der Waals surface area contributed by atoms with Gasteiger partial charge in [0.15, 0.2) is 11.5 Å². The number of anilines is 1. The van der Waals surface area contributed by atoms with Crippen LogP contribution in [0.5, 0.6) is 23.0 Å². The molecule has 0 radical (unpaired) electrons. The van der Waals surface area contributed by atoms with Gasteiger partial charge in [0.1, 0.15) is 24.7 Å². The molecule has 160 valence electrons. The van der Waals surface area contributed by atoms with E-state index in [4.69, 9.17) is 18.9 Å². The second-order valence-corrected chi connectivity index (χ2v) is 6.47. The number of para-hydroxylation sites is 1. The van der Waals surface area contributed by atoms with Crippen molar-refractivity contribution in [3.05, 3.63) is 84.4 Å². The van der Waals surface area contributed by atoms with Crippen molar-refractivity contribution in [1.29, 1.82) is 0 Å². The number of carbonyl (C=O) groups is 1. The molecule has 6 heteroatoms. The summed E-state index contributed by atoms with van der Waals surface area (Å²) >= 11 is 0. The SMILES string of the molecule is COc1ccc(C=CC(=O)Nc2ccc(OCCOc3ccccc3)cc2)cc1OC. The highest BCUT2D eigenvalue weighted by Gasteiger charge is 2.04. The van der Waals surface area contributed by atoms with Gasteiger partial charge in [-0.3, -0.25) is 4.79 Å². The predicted octanol–water partition coefficient (Wildman–Crippen LogP) is 4.81. The minimum atomic E-state index is -0.236. The summed E-state index contributed by atoms with van der Waals surface area (Å²) in [5.41, 5.74) is 1.50. The zero-order valence-electron chi connectivity index (χ0n) is 17.5. The first-order valence-electron chi connectivity index (χ1n) is 9.80. The first kappa shape index (κ1) is 21.8. The molecule has 0 aliphatic rings. The Morgan fingerprint density at radius 1 is 0.806 bits per heavy atom. The Bertz CT molecular complexity index is 1000.